The summed E-state index contributed by atoms with van der Waals surface area (Å²) in [5.41, 5.74) is 8.57. The summed E-state index contributed by atoms with van der Waals surface area (Å²) in [6.07, 6.45) is 2.46. The van der Waals surface area contributed by atoms with E-state index in [1.54, 1.807) is 6.20 Å². The molecule has 5 nitrogen and oxygen atoms in total. The number of benzene rings is 1. The fourth-order valence-corrected chi connectivity index (χ4v) is 2.05. The van der Waals surface area contributed by atoms with Crippen molar-refractivity contribution in [1.82, 2.24) is 10.2 Å². The van der Waals surface area contributed by atoms with Crippen molar-refractivity contribution < 1.29 is 5.11 Å². The fourth-order valence-electron chi connectivity index (χ4n) is 2.05. The maximum Gasteiger partial charge on any atom is 0.0672 e. The van der Waals surface area contributed by atoms with Gasteiger partial charge in [-0.15, -0.1) is 0 Å². The molecule has 0 aliphatic heterocycles. The number of H-pyrrole nitrogens is 1. The van der Waals surface area contributed by atoms with Crippen LogP contribution in [-0.4, -0.2) is 28.0 Å². The number of hydrogen-bond donors (Lipinski definition) is 4. The molecule has 1 aromatic carbocycles. The zero-order valence-electron chi connectivity index (χ0n) is 10.8. The molecule has 0 bridgehead atoms. The van der Waals surface area contributed by atoms with Crippen LogP contribution in [0.1, 0.15) is 20.3 Å². The van der Waals surface area contributed by atoms with Gasteiger partial charge in [-0.05, 0) is 24.5 Å². The first-order chi connectivity index (χ1) is 8.61. The van der Waals surface area contributed by atoms with Crippen LogP contribution in [0.3, 0.4) is 0 Å². The Labute approximate surface area is 106 Å². The Morgan fingerprint density at radius 3 is 2.89 bits per heavy atom. The number of nitrogens with one attached hydrogen (secondary N) is 2. The van der Waals surface area contributed by atoms with Crippen molar-refractivity contribution in [2.45, 2.75) is 26.3 Å². The minimum atomic E-state index is 0.169. The molecule has 0 amide bonds. The van der Waals surface area contributed by atoms with E-state index in [9.17, 15) is 0 Å². The first-order valence-corrected chi connectivity index (χ1v) is 6.22. The van der Waals surface area contributed by atoms with E-state index >= 15 is 0 Å². The van der Waals surface area contributed by atoms with Crippen molar-refractivity contribution in [1.29, 1.82) is 0 Å². The zero-order valence-corrected chi connectivity index (χ0v) is 10.8. The fraction of sp³-hybridized carbons (Fsp3) is 0.462. The number of aliphatic hydroxyl groups is 1. The first-order valence-electron chi connectivity index (χ1n) is 6.22. The van der Waals surface area contributed by atoms with E-state index in [1.807, 2.05) is 12.1 Å². The summed E-state index contributed by atoms with van der Waals surface area (Å²) < 4.78 is 0. The molecular weight excluding hydrogens is 228 g/mol. The Morgan fingerprint density at radius 2 is 2.22 bits per heavy atom. The van der Waals surface area contributed by atoms with E-state index in [2.05, 4.69) is 29.4 Å². The Balaban J connectivity index is 2.26. The molecule has 0 aliphatic carbocycles. The monoisotopic (exact) mass is 248 g/mol. The molecule has 0 aliphatic rings. The van der Waals surface area contributed by atoms with E-state index in [0.29, 0.717) is 18.0 Å². The molecule has 2 aromatic rings. The number of nitrogens with two attached hydrogens (primary N) is 1. The van der Waals surface area contributed by atoms with Crippen LogP contribution in [-0.2, 0) is 0 Å². The van der Waals surface area contributed by atoms with Crippen LogP contribution in [0.5, 0.6) is 0 Å². The number of aromatic amines is 1. The molecule has 0 radical (unpaired) electrons. The van der Waals surface area contributed by atoms with Gasteiger partial charge in [0.05, 0.1) is 23.1 Å². The minimum Gasteiger partial charge on any atom is -0.397 e. The summed E-state index contributed by atoms with van der Waals surface area (Å²) in [7, 11) is 0. The number of nitrogens with zero attached hydrogens (tertiary/aromatic N) is 1. The molecule has 5 N–H and O–H groups in total. The first kappa shape index (κ1) is 12.7. The maximum atomic E-state index is 9.08. The van der Waals surface area contributed by atoms with Crippen molar-refractivity contribution in [3.05, 3.63) is 18.3 Å². The average Bonchev–Trinajstić information content (AvgIpc) is 2.75. The maximum absolute atomic E-state index is 9.08. The van der Waals surface area contributed by atoms with Gasteiger partial charge in [0.25, 0.3) is 0 Å². The summed E-state index contributed by atoms with van der Waals surface area (Å²) in [5, 5.41) is 20.4. The molecule has 98 valence electrons. The molecule has 0 saturated carbocycles. The van der Waals surface area contributed by atoms with Crippen LogP contribution in [0.15, 0.2) is 18.3 Å². The molecule has 1 heterocycles. The van der Waals surface area contributed by atoms with Crippen LogP contribution in [0.25, 0.3) is 10.9 Å². The third kappa shape index (κ3) is 2.56. The molecule has 18 heavy (non-hydrogen) atoms. The van der Waals surface area contributed by atoms with E-state index in [1.165, 1.54) is 0 Å². The van der Waals surface area contributed by atoms with Gasteiger partial charge in [0.1, 0.15) is 0 Å². The van der Waals surface area contributed by atoms with Gasteiger partial charge in [-0.2, -0.15) is 5.10 Å². The predicted octanol–water partition coefficient (Wildman–Crippen LogP) is 1.96. The highest BCUT2D eigenvalue weighted by Crippen LogP contribution is 2.26. The van der Waals surface area contributed by atoms with Crippen LogP contribution in [0.2, 0.25) is 0 Å². The molecule has 5 heteroatoms. The Morgan fingerprint density at radius 1 is 1.44 bits per heavy atom. The van der Waals surface area contributed by atoms with Gasteiger partial charge in [0, 0.05) is 18.0 Å². The zero-order chi connectivity index (χ0) is 13.1. The van der Waals surface area contributed by atoms with Crippen molar-refractivity contribution in [2.75, 3.05) is 17.7 Å². The lowest BCUT2D eigenvalue weighted by Gasteiger charge is -2.23. The second-order valence-corrected chi connectivity index (χ2v) is 4.90. The SMILES string of the molecule is CC(C)C(CCO)Nc1cc2[nH]ncc2cc1N. The Bertz CT molecular complexity index is 521. The molecule has 2 rings (SSSR count). The molecule has 0 spiro atoms. The van der Waals surface area contributed by atoms with Gasteiger partial charge in [0.15, 0.2) is 0 Å². The van der Waals surface area contributed by atoms with Crippen molar-refractivity contribution >= 4 is 22.3 Å². The van der Waals surface area contributed by atoms with Crippen molar-refractivity contribution in [3.8, 4) is 0 Å². The lowest BCUT2D eigenvalue weighted by molar-refractivity contribution is 0.267. The van der Waals surface area contributed by atoms with Crippen molar-refractivity contribution in [3.63, 3.8) is 0 Å². The number of rotatable bonds is 5. The van der Waals surface area contributed by atoms with Gasteiger partial charge in [-0.25, -0.2) is 0 Å². The summed E-state index contributed by atoms with van der Waals surface area (Å²) in [5.74, 6) is 0.425. The lowest BCUT2D eigenvalue weighted by atomic mass is 10.0. The summed E-state index contributed by atoms with van der Waals surface area (Å²) in [4.78, 5) is 0. The quantitative estimate of drug-likeness (QED) is 0.609. The van der Waals surface area contributed by atoms with Gasteiger partial charge < -0.3 is 16.2 Å². The van der Waals surface area contributed by atoms with E-state index < -0.39 is 0 Å². The highest BCUT2D eigenvalue weighted by atomic mass is 16.3. The number of hydrogen-bond acceptors (Lipinski definition) is 4. The van der Waals surface area contributed by atoms with Gasteiger partial charge in [0.2, 0.25) is 0 Å². The molecule has 1 unspecified atom stereocenters. The lowest BCUT2D eigenvalue weighted by Crippen LogP contribution is -2.27. The largest absolute Gasteiger partial charge is 0.397 e. The molecule has 0 fully saturated rings. The Kier molecular flexibility index (Phi) is 3.72. The molecule has 1 aromatic heterocycles. The molecule has 0 saturated heterocycles. The molecule has 1 atom stereocenters. The predicted molar refractivity (Wildman–Crippen MR) is 74.5 cm³/mol. The smallest absolute Gasteiger partial charge is 0.0672 e. The van der Waals surface area contributed by atoms with Crippen LogP contribution < -0.4 is 11.1 Å². The van der Waals surface area contributed by atoms with E-state index in [4.69, 9.17) is 10.8 Å². The number of aliphatic hydroxyl groups excluding tert-OH is 1. The topological polar surface area (TPSA) is 87.0 Å². The van der Waals surface area contributed by atoms with Crippen LogP contribution in [0, 0.1) is 5.92 Å². The normalized spacial score (nSPS) is 13.1. The van der Waals surface area contributed by atoms with Crippen LogP contribution in [0.4, 0.5) is 11.4 Å². The molecular formula is C13H20N4O. The third-order valence-electron chi connectivity index (χ3n) is 3.20. The third-order valence-corrected chi connectivity index (χ3v) is 3.20. The Hall–Kier alpha value is -1.75. The summed E-state index contributed by atoms with van der Waals surface area (Å²) in [6, 6.07) is 4.07. The van der Waals surface area contributed by atoms with Gasteiger partial charge in [-0.1, -0.05) is 13.8 Å². The standard InChI is InChI=1S/C13H20N4O/c1-8(2)11(3-4-18)16-13-6-12-9(5-10(13)14)7-15-17-12/h5-8,11,16,18H,3-4,14H2,1-2H3,(H,15,17). The van der Waals surface area contributed by atoms with E-state index in [-0.39, 0.29) is 12.6 Å². The number of nitrogen functional groups attached to an aromatic ring is 1. The average molecular weight is 248 g/mol. The van der Waals surface area contributed by atoms with Crippen LogP contribution >= 0.6 is 0 Å². The van der Waals surface area contributed by atoms with Gasteiger partial charge in [-0.3, -0.25) is 5.10 Å². The number of anilines is 2. The second kappa shape index (κ2) is 5.27. The van der Waals surface area contributed by atoms with Crippen molar-refractivity contribution in [2.24, 2.45) is 5.92 Å². The van der Waals surface area contributed by atoms with E-state index in [0.717, 1.165) is 16.6 Å². The second-order valence-electron chi connectivity index (χ2n) is 4.90. The minimum absolute atomic E-state index is 0.169. The highest BCUT2D eigenvalue weighted by molar-refractivity contribution is 5.88. The number of aromatic nitrogens is 2. The highest BCUT2D eigenvalue weighted by Gasteiger charge is 2.14. The summed E-state index contributed by atoms with van der Waals surface area (Å²) >= 11 is 0. The summed E-state index contributed by atoms with van der Waals surface area (Å²) in [6.45, 7) is 4.42. The number of fused-ring (bicyclic) bond motifs is 1. The van der Waals surface area contributed by atoms with Gasteiger partial charge >= 0.3 is 0 Å².